The molecule has 2 aromatic rings. The molecule has 0 unspecified atom stereocenters. The first-order valence-electron chi connectivity index (χ1n) is 7.90. The Kier molecular flexibility index (Phi) is 2.78. The maximum atomic E-state index is 4.75. The lowest BCUT2D eigenvalue weighted by molar-refractivity contribution is 0.407. The Balaban J connectivity index is 1.93. The average Bonchev–Trinajstić information content (AvgIpc) is 3.07. The highest BCUT2D eigenvalue weighted by Crippen LogP contribution is 2.55. The molecule has 1 saturated carbocycles. The van der Waals surface area contributed by atoms with Crippen molar-refractivity contribution in [3.05, 3.63) is 53.6 Å². The summed E-state index contributed by atoms with van der Waals surface area (Å²) >= 11 is 0. The van der Waals surface area contributed by atoms with Gasteiger partial charge in [-0.3, -0.25) is 9.97 Å². The highest BCUT2D eigenvalue weighted by molar-refractivity contribution is 5.61. The van der Waals surface area contributed by atoms with Crippen LogP contribution in [0.15, 0.2) is 36.7 Å². The molecule has 1 aromatic heterocycles. The summed E-state index contributed by atoms with van der Waals surface area (Å²) in [4.78, 5) is 12.0. The van der Waals surface area contributed by atoms with Crippen LogP contribution in [0.25, 0.3) is 0 Å². The summed E-state index contributed by atoms with van der Waals surface area (Å²) < 4.78 is 0. The first-order chi connectivity index (χ1) is 10.2. The second-order valence-electron chi connectivity index (χ2n) is 6.36. The Bertz CT molecular complexity index is 674. The SMILES string of the molecule is Cc1ccccc1N1[C@@H](C)c2nccnc2C12CCCC2. The smallest absolute Gasteiger partial charge is 0.0896 e. The number of fused-ring (bicyclic) bond motifs is 2. The van der Waals surface area contributed by atoms with Crippen LogP contribution in [-0.4, -0.2) is 9.97 Å². The first-order valence-corrected chi connectivity index (χ1v) is 7.90. The average molecular weight is 279 g/mol. The number of aromatic nitrogens is 2. The Morgan fingerprint density at radius 3 is 2.57 bits per heavy atom. The molecule has 1 spiro atoms. The predicted molar refractivity (Wildman–Crippen MR) is 84.3 cm³/mol. The van der Waals surface area contributed by atoms with Crippen molar-refractivity contribution in [2.45, 2.75) is 51.1 Å². The minimum Gasteiger partial charge on any atom is -0.352 e. The molecule has 1 fully saturated rings. The minimum atomic E-state index is 0.0646. The van der Waals surface area contributed by atoms with E-state index in [1.54, 1.807) is 0 Å². The Hall–Kier alpha value is -1.90. The van der Waals surface area contributed by atoms with Gasteiger partial charge in [-0.1, -0.05) is 31.0 Å². The minimum absolute atomic E-state index is 0.0646. The van der Waals surface area contributed by atoms with Crippen LogP contribution in [0.5, 0.6) is 0 Å². The maximum Gasteiger partial charge on any atom is 0.0896 e. The van der Waals surface area contributed by atoms with Crippen LogP contribution in [-0.2, 0) is 5.54 Å². The number of aryl methyl sites for hydroxylation is 1. The number of hydrogen-bond donors (Lipinski definition) is 0. The summed E-state index contributed by atoms with van der Waals surface area (Å²) in [7, 11) is 0. The van der Waals surface area contributed by atoms with E-state index in [0.29, 0.717) is 6.04 Å². The molecule has 1 aliphatic carbocycles. The molecule has 0 saturated heterocycles. The Labute approximate surface area is 126 Å². The topological polar surface area (TPSA) is 29.0 Å². The fourth-order valence-corrected chi connectivity index (χ4v) is 4.33. The number of hydrogen-bond acceptors (Lipinski definition) is 3. The van der Waals surface area contributed by atoms with Crippen LogP contribution in [0.3, 0.4) is 0 Å². The Morgan fingerprint density at radius 1 is 1.10 bits per heavy atom. The van der Waals surface area contributed by atoms with Gasteiger partial charge in [0.25, 0.3) is 0 Å². The summed E-state index contributed by atoms with van der Waals surface area (Å²) in [6.45, 7) is 4.47. The number of anilines is 1. The van der Waals surface area contributed by atoms with E-state index in [1.807, 2.05) is 12.4 Å². The standard InChI is InChI=1S/C18H21N3/c1-13-7-3-4-8-15(13)21-14(2)16-17(20-12-11-19-16)18(21)9-5-6-10-18/h3-4,7-8,11-12,14H,5-6,9-10H2,1-2H3/t14-/m0/s1. The van der Waals surface area contributed by atoms with Crippen LogP contribution in [0.2, 0.25) is 0 Å². The number of para-hydroxylation sites is 1. The molecule has 4 rings (SSSR count). The highest BCUT2D eigenvalue weighted by atomic mass is 15.3. The lowest BCUT2D eigenvalue weighted by atomic mass is 9.92. The molecule has 2 aliphatic rings. The summed E-state index contributed by atoms with van der Waals surface area (Å²) in [5.41, 5.74) is 5.13. The van der Waals surface area contributed by atoms with Gasteiger partial charge < -0.3 is 4.90 Å². The van der Waals surface area contributed by atoms with Gasteiger partial charge in [-0.2, -0.15) is 0 Å². The molecule has 108 valence electrons. The number of rotatable bonds is 1. The van der Waals surface area contributed by atoms with Crippen LogP contribution < -0.4 is 4.90 Å². The van der Waals surface area contributed by atoms with Gasteiger partial charge >= 0.3 is 0 Å². The lowest BCUT2D eigenvalue weighted by Crippen LogP contribution is -2.40. The molecule has 1 atom stereocenters. The van der Waals surface area contributed by atoms with Crippen molar-refractivity contribution in [3.63, 3.8) is 0 Å². The van der Waals surface area contributed by atoms with Crippen LogP contribution in [0, 0.1) is 6.92 Å². The van der Waals surface area contributed by atoms with Crippen molar-refractivity contribution in [1.82, 2.24) is 9.97 Å². The molecule has 3 heteroatoms. The zero-order valence-electron chi connectivity index (χ0n) is 12.7. The molecular weight excluding hydrogens is 258 g/mol. The van der Waals surface area contributed by atoms with E-state index < -0.39 is 0 Å². The van der Waals surface area contributed by atoms with E-state index in [-0.39, 0.29) is 5.54 Å². The molecule has 3 nitrogen and oxygen atoms in total. The van der Waals surface area contributed by atoms with Gasteiger partial charge in [0, 0.05) is 18.1 Å². The van der Waals surface area contributed by atoms with E-state index in [2.05, 4.69) is 48.0 Å². The van der Waals surface area contributed by atoms with Gasteiger partial charge in [-0.25, -0.2) is 0 Å². The third-order valence-electron chi connectivity index (χ3n) is 5.22. The largest absolute Gasteiger partial charge is 0.352 e. The van der Waals surface area contributed by atoms with Crippen molar-refractivity contribution in [1.29, 1.82) is 0 Å². The fourth-order valence-electron chi connectivity index (χ4n) is 4.33. The fraction of sp³-hybridized carbons (Fsp3) is 0.444. The van der Waals surface area contributed by atoms with E-state index >= 15 is 0 Å². The van der Waals surface area contributed by atoms with Gasteiger partial charge in [0.1, 0.15) is 0 Å². The maximum absolute atomic E-state index is 4.75. The summed E-state index contributed by atoms with van der Waals surface area (Å²) in [5.74, 6) is 0. The van der Waals surface area contributed by atoms with Crippen LogP contribution in [0.1, 0.15) is 55.6 Å². The van der Waals surface area contributed by atoms with Gasteiger partial charge in [0.05, 0.1) is 23.0 Å². The van der Waals surface area contributed by atoms with Crippen LogP contribution >= 0.6 is 0 Å². The van der Waals surface area contributed by atoms with E-state index in [1.165, 1.54) is 48.3 Å². The van der Waals surface area contributed by atoms with E-state index in [4.69, 9.17) is 4.98 Å². The second kappa shape index (κ2) is 4.55. The predicted octanol–water partition coefficient (Wildman–Crippen LogP) is 4.14. The molecule has 0 N–H and O–H groups in total. The molecular formula is C18H21N3. The number of nitrogens with zero attached hydrogens (tertiary/aromatic N) is 3. The third kappa shape index (κ3) is 1.66. The monoisotopic (exact) mass is 279 g/mol. The van der Waals surface area contributed by atoms with Crippen molar-refractivity contribution in [2.75, 3.05) is 4.90 Å². The molecule has 1 aliphatic heterocycles. The van der Waals surface area contributed by atoms with E-state index in [0.717, 1.165) is 0 Å². The highest BCUT2D eigenvalue weighted by Gasteiger charge is 2.52. The van der Waals surface area contributed by atoms with Crippen molar-refractivity contribution in [3.8, 4) is 0 Å². The van der Waals surface area contributed by atoms with Crippen molar-refractivity contribution >= 4 is 5.69 Å². The van der Waals surface area contributed by atoms with Gasteiger partial charge in [-0.15, -0.1) is 0 Å². The first kappa shape index (κ1) is 12.8. The van der Waals surface area contributed by atoms with Crippen LogP contribution in [0.4, 0.5) is 5.69 Å². The third-order valence-corrected chi connectivity index (χ3v) is 5.22. The second-order valence-corrected chi connectivity index (χ2v) is 6.36. The van der Waals surface area contributed by atoms with Crippen molar-refractivity contribution < 1.29 is 0 Å². The zero-order chi connectivity index (χ0) is 14.4. The molecule has 0 amide bonds. The normalized spacial score (nSPS) is 22.8. The molecule has 2 heterocycles. The van der Waals surface area contributed by atoms with Gasteiger partial charge in [-0.05, 0) is 38.3 Å². The Morgan fingerprint density at radius 2 is 1.81 bits per heavy atom. The summed E-state index contributed by atoms with van der Waals surface area (Å²) in [6.07, 6.45) is 8.64. The molecule has 21 heavy (non-hydrogen) atoms. The van der Waals surface area contributed by atoms with E-state index in [9.17, 15) is 0 Å². The number of benzene rings is 1. The lowest BCUT2D eigenvalue weighted by Gasteiger charge is -2.40. The summed E-state index contributed by atoms with van der Waals surface area (Å²) in [5, 5.41) is 0. The van der Waals surface area contributed by atoms with Crippen molar-refractivity contribution in [2.24, 2.45) is 0 Å². The molecule has 1 aromatic carbocycles. The quantitative estimate of drug-likeness (QED) is 0.785. The summed E-state index contributed by atoms with van der Waals surface area (Å²) in [6, 6.07) is 9.01. The molecule has 0 bridgehead atoms. The molecule has 0 radical (unpaired) electrons. The zero-order valence-corrected chi connectivity index (χ0v) is 12.7. The van der Waals surface area contributed by atoms with Gasteiger partial charge in [0.2, 0.25) is 0 Å². The van der Waals surface area contributed by atoms with Gasteiger partial charge in [0.15, 0.2) is 0 Å².